The molecule has 0 atom stereocenters. The molecule has 124 valence electrons. The van der Waals surface area contributed by atoms with Crippen molar-refractivity contribution in [3.8, 4) is 11.3 Å². The summed E-state index contributed by atoms with van der Waals surface area (Å²) in [5, 5.41) is 10.9. The highest BCUT2D eigenvalue weighted by atomic mass is 35.5. The zero-order valence-corrected chi connectivity index (χ0v) is 14.4. The lowest BCUT2D eigenvalue weighted by Gasteiger charge is -2.11. The number of aryl methyl sites for hydroxylation is 1. The van der Waals surface area contributed by atoms with Crippen LogP contribution in [0.2, 0.25) is 0 Å². The van der Waals surface area contributed by atoms with Gasteiger partial charge in [-0.3, -0.25) is 9.48 Å². The van der Waals surface area contributed by atoms with Gasteiger partial charge in [0, 0.05) is 36.4 Å². The zero-order valence-electron chi connectivity index (χ0n) is 13.6. The molecule has 0 aliphatic heterocycles. The van der Waals surface area contributed by atoms with Crippen molar-refractivity contribution < 1.29 is 4.79 Å². The zero-order chi connectivity index (χ0) is 17.1. The summed E-state index contributed by atoms with van der Waals surface area (Å²) in [6, 6.07) is 9.57. The molecule has 0 unspecified atom stereocenters. The van der Waals surface area contributed by atoms with Gasteiger partial charge in [-0.2, -0.15) is 5.10 Å². The summed E-state index contributed by atoms with van der Waals surface area (Å²) in [5.74, 6) is 0.757. The van der Waals surface area contributed by atoms with Crippen molar-refractivity contribution in [2.24, 2.45) is 7.05 Å². The number of nitrogens with one attached hydrogen (secondary N) is 2. The van der Waals surface area contributed by atoms with Gasteiger partial charge in [0.15, 0.2) is 0 Å². The summed E-state index contributed by atoms with van der Waals surface area (Å²) in [4.78, 5) is 12.3. The number of amides is 1. The monoisotopic (exact) mass is 342 g/mol. The van der Waals surface area contributed by atoms with Gasteiger partial charge >= 0.3 is 0 Å². The summed E-state index contributed by atoms with van der Waals surface area (Å²) in [6.07, 6.45) is 5.47. The third kappa shape index (κ3) is 3.36. The highest BCUT2D eigenvalue weighted by molar-refractivity contribution is 6.36. The molecule has 5 nitrogen and oxygen atoms in total. The predicted octanol–water partition coefficient (Wildman–Crippen LogP) is 3.91. The van der Waals surface area contributed by atoms with E-state index >= 15 is 0 Å². The molecule has 1 aliphatic carbocycles. The van der Waals surface area contributed by atoms with Crippen LogP contribution in [0.15, 0.2) is 53.1 Å². The van der Waals surface area contributed by atoms with Crippen LogP contribution < -0.4 is 10.6 Å². The third-order valence-corrected chi connectivity index (χ3v) is 4.27. The Balaban J connectivity index is 1.73. The highest BCUT2D eigenvalue weighted by Crippen LogP contribution is 2.25. The molecule has 3 rings (SSSR count). The van der Waals surface area contributed by atoms with Crippen molar-refractivity contribution in [2.75, 3.05) is 17.7 Å². The minimum Gasteiger partial charge on any atom is -0.373 e. The summed E-state index contributed by atoms with van der Waals surface area (Å²) >= 11 is 6.10. The van der Waals surface area contributed by atoms with Crippen LogP contribution in [0.25, 0.3) is 11.3 Å². The SMILES string of the molecule is CNc1cc(-c2ccc(NC(=O)C3=CCCC=C3Cl)cc2)nn1C. The first-order valence-corrected chi connectivity index (χ1v) is 8.16. The second-order valence-electron chi connectivity index (χ2n) is 5.57. The number of nitrogens with zero attached hydrogens (tertiary/aromatic N) is 2. The Morgan fingerprint density at radius 3 is 2.54 bits per heavy atom. The Labute approximate surface area is 146 Å². The smallest absolute Gasteiger partial charge is 0.256 e. The Morgan fingerprint density at radius 1 is 1.21 bits per heavy atom. The average molecular weight is 343 g/mol. The number of rotatable bonds is 4. The van der Waals surface area contributed by atoms with Gasteiger partial charge in [-0.05, 0) is 25.0 Å². The van der Waals surface area contributed by atoms with Crippen LogP contribution >= 0.6 is 11.6 Å². The molecule has 1 amide bonds. The Hall–Kier alpha value is -2.53. The van der Waals surface area contributed by atoms with Gasteiger partial charge in [0.25, 0.3) is 5.91 Å². The molecule has 0 bridgehead atoms. The van der Waals surface area contributed by atoms with Crippen LogP contribution in [0.5, 0.6) is 0 Å². The number of hydrogen-bond acceptors (Lipinski definition) is 3. The minimum atomic E-state index is -0.181. The fraction of sp³-hybridized carbons (Fsp3) is 0.222. The van der Waals surface area contributed by atoms with E-state index in [-0.39, 0.29) is 5.91 Å². The van der Waals surface area contributed by atoms with Crippen LogP contribution in [0.1, 0.15) is 12.8 Å². The lowest BCUT2D eigenvalue weighted by molar-refractivity contribution is -0.112. The fourth-order valence-electron chi connectivity index (χ4n) is 2.61. The number of carbonyl (C=O) groups excluding carboxylic acids is 1. The largest absolute Gasteiger partial charge is 0.373 e. The third-order valence-electron chi connectivity index (χ3n) is 3.92. The quantitative estimate of drug-likeness (QED) is 0.885. The molecular weight excluding hydrogens is 324 g/mol. The lowest BCUT2D eigenvalue weighted by atomic mass is 10.1. The molecule has 6 heteroatoms. The van der Waals surface area contributed by atoms with Crippen LogP contribution in [0.3, 0.4) is 0 Å². The molecule has 1 aliphatic rings. The standard InChI is InChI=1S/C18H19ClN4O/c1-20-17-11-16(22-23(17)2)12-7-9-13(10-8-12)21-18(24)14-5-3-4-6-15(14)19/h5-11,20H,3-4H2,1-2H3,(H,21,24). The molecule has 24 heavy (non-hydrogen) atoms. The van der Waals surface area contributed by atoms with E-state index < -0.39 is 0 Å². The first-order chi connectivity index (χ1) is 11.6. The van der Waals surface area contributed by atoms with Crippen LogP contribution in [0.4, 0.5) is 11.5 Å². The number of allylic oxidation sites excluding steroid dienone is 2. The van der Waals surface area contributed by atoms with Crippen LogP contribution in [0, 0.1) is 0 Å². The van der Waals surface area contributed by atoms with Crippen molar-refractivity contribution in [2.45, 2.75) is 12.8 Å². The van der Waals surface area contributed by atoms with Gasteiger partial charge in [-0.25, -0.2) is 0 Å². The average Bonchev–Trinajstić information content (AvgIpc) is 2.97. The minimum absolute atomic E-state index is 0.181. The number of hydrogen-bond donors (Lipinski definition) is 2. The molecule has 2 aromatic rings. The topological polar surface area (TPSA) is 58.9 Å². The first-order valence-electron chi connectivity index (χ1n) is 7.78. The second kappa shape index (κ2) is 6.93. The molecular formula is C18H19ClN4O. The van der Waals surface area contributed by atoms with Gasteiger partial charge in [0.05, 0.1) is 11.3 Å². The molecule has 0 saturated heterocycles. The summed E-state index contributed by atoms with van der Waals surface area (Å²) in [7, 11) is 3.75. The van der Waals surface area contributed by atoms with E-state index in [0.717, 1.165) is 35.6 Å². The van der Waals surface area contributed by atoms with Gasteiger partial charge in [-0.15, -0.1) is 0 Å². The Kier molecular flexibility index (Phi) is 4.71. The van der Waals surface area contributed by atoms with Gasteiger partial charge in [-0.1, -0.05) is 35.9 Å². The maximum atomic E-state index is 12.3. The van der Waals surface area contributed by atoms with Gasteiger partial charge < -0.3 is 10.6 Å². The molecule has 0 spiro atoms. The summed E-state index contributed by atoms with van der Waals surface area (Å²) in [5.41, 5.74) is 3.13. The van der Waals surface area contributed by atoms with E-state index in [9.17, 15) is 4.79 Å². The number of aromatic nitrogens is 2. The second-order valence-corrected chi connectivity index (χ2v) is 5.97. The van der Waals surface area contributed by atoms with Crippen molar-refractivity contribution in [1.29, 1.82) is 0 Å². The molecule has 0 fully saturated rings. The lowest BCUT2D eigenvalue weighted by Crippen LogP contribution is -2.15. The number of anilines is 2. The number of halogens is 1. The number of carbonyl (C=O) groups is 1. The Bertz CT molecular complexity index is 818. The van der Waals surface area contributed by atoms with E-state index in [4.69, 9.17) is 11.6 Å². The van der Waals surface area contributed by atoms with E-state index in [2.05, 4.69) is 15.7 Å². The molecule has 0 saturated carbocycles. The summed E-state index contributed by atoms with van der Waals surface area (Å²) < 4.78 is 1.79. The van der Waals surface area contributed by atoms with E-state index in [1.165, 1.54) is 0 Å². The fourth-order valence-corrected chi connectivity index (χ4v) is 2.88. The van der Waals surface area contributed by atoms with Crippen molar-refractivity contribution >= 4 is 29.0 Å². The van der Waals surface area contributed by atoms with Crippen molar-refractivity contribution in [3.05, 3.63) is 53.1 Å². The van der Waals surface area contributed by atoms with Crippen LogP contribution in [-0.4, -0.2) is 22.7 Å². The Morgan fingerprint density at radius 2 is 1.92 bits per heavy atom. The van der Waals surface area contributed by atoms with Gasteiger partial charge in [0.2, 0.25) is 0 Å². The van der Waals surface area contributed by atoms with E-state index in [1.807, 2.05) is 56.6 Å². The molecule has 2 N–H and O–H groups in total. The molecule has 1 aromatic carbocycles. The molecule has 1 aromatic heterocycles. The highest BCUT2D eigenvalue weighted by Gasteiger charge is 2.15. The van der Waals surface area contributed by atoms with Crippen LogP contribution in [-0.2, 0) is 11.8 Å². The van der Waals surface area contributed by atoms with Crippen molar-refractivity contribution in [1.82, 2.24) is 9.78 Å². The summed E-state index contributed by atoms with van der Waals surface area (Å²) in [6.45, 7) is 0. The maximum absolute atomic E-state index is 12.3. The molecule has 1 heterocycles. The van der Waals surface area contributed by atoms with E-state index in [0.29, 0.717) is 10.6 Å². The number of benzene rings is 1. The predicted molar refractivity (Wildman–Crippen MR) is 98.1 cm³/mol. The normalized spacial score (nSPS) is 14.0. The van der Waals surface area contributed by atoms with Crippen molar-refractivity contribution in [3.63, 3.8) is 0 Å². The first kappa shape index (κ1) is 16.3. The maximum Gasteiger partial charge on any atom is 0.256 e. The molecule has 0 radical (unpaired) electrons. The van der Waals surface area contributed by atoms with E-state index in [1.54, 1.807) is 4.68 Å². The van der Waals surface area contributed by atoms with Gasteiger partial charge in [0.1, 0.15) is 5.82 Å².